The Bertz CT molecular complexity index is 1390. The minimum absolute atomic E-state index is 0.144. The van der Waals surface area contributed by atoms with Gasteiger partial charge in [0.05, 0.1) is 19.2 Å². The van der Waals surface area contributed by atoms with Crippen LogP contribution in [0.3, 0.4) is 0 Å². The van der Waals surface area contributed by atoms with Gasteiger partial charge in [0.15, 0.2) is 0 Å². The molecule has 0 heterocycles. The summed E-state index contributed by atoms with van der Waals surface area (Å²) >= 11 is 5.98. The molecule has 5 rings (SSSR count). The lowest BCUT2D eigenvalue weighted by molar-refractivity contribution is 0.414. The van der Waals surface area contributed by atoms with Crippen LogP contribution in [0.4, 0.5) is 11.4 Å². The summed E-state index contributed by atoms with van der Waals surface area (Å²) in [5.41, 5.74) is 5.45. The van der Waals surface area contributed by atoms with Gasteiger partial charge in [-0.3, -0.25) is 0 Å². The molecular formula is C34H30N2OS. The highest BCUT2D eigenvalue weighted by atomic mass is 32.1. The zero-order valence-electron chi connectivity index (χ0n) is 21.3. The van der Waals surface area contributed by atoms with Crippen LogP contribution in [0.2, 0.25) is 0 Å². The van der Waals surface area contributed by atoms with Crippen LogP contribution < -0.4 is 15.0 Å². The van der Waals surface area contributed by atoms with E-state index in [0.29, 0.717) is 4.99 Å². The van der Waals surface area contributed by atoms with Crippen LogP contribution in [0, 0.1) is 0 Å². The van der Waals surface area contributed by atoms with Gasteiger partial charge in [0.2, 0.25) is 0 Å². The van der Waals surface area contributed by atoms with Crippen molar-refractivity contribution < 1.29 is 4.74 Å². The Hall–Kier alpha value is -4.41. The topological polar surface area (TPSA) is 24.5 Å². The summed E-state index contributed by atoms with van der Waals surface area (Å²) in [7, 11) is 1.69. The summed E-state index contributed by atoms with van der Waals surface area (Å²) in [4.78, 5) is 3.10. The molecule has 0 radical (unpaired) electrons. The Labute approximate surface area is 230 Å². The van der Waals surface area contributed by atoms with Gasteiger partial charge in [-0.1, -0.05) is 121 Å². The van der Waals surface area contributed by atoms with Crippen LogP contribution in [0.1, 0.15) is 28.8 Å². The number of ether oxygens (including phenoxy) is 1. The lowest BCUT2D eigenvalue weighted by Crippen LogP contribution is -2.39. The van der Waals surface area contributed by atoms with Gasteiger partial charge >= 0.3 is 0 Å². The third kappa shape index (κ3) is 5.77. The van der Waals surface area contributed by atoms with E-state index in [1.165, 1.54) is 0 Å². The highest BCUT2D eigenvalue weighted by Crippen LogP contribution is 2.42. The van der Waals surface area contributed by atoms with Crippen molar-refractivity contribution in [2.75, 3.05) is 12.0 Å². The molecule has 0 aliphatic heterocycles. The molecule has 0 fully saturated rings. The van der Waals surface area contributed by atoms with Gasteiger partial charge in [-0.15, -0.1) is 0 Å². The van der Waals surface area contributed by atoms with Crippen LogP contribution in [-0.4, -0.2) is 12.1 Å². The van der Waals surface area contributed by atoms with E-state index >= 15 is 0 Å². The summed E-state index contributed by atoms with van der Waals surface area (Å²) in [6, 6.07) is 49.7. The Kier molecular flexibility index (Phi) is 8.12. The van der Waals surface area contributed by atoms with Crippen molar-refractivity contribution >= 4 is 28.6 Å². The summed E-state index contributed by atoms with van der Waals surface area (Å²) in [6.07, 6.45) is 0. The summed E-state index contributed by atoms with van der Waals surface area (Å²) < 4.78 is 5.50. The average Bonchev–Trinajstić information content (AvgIpc) is 3.00. The molecule has 0 saturated carbocycles. The van der Waals surface area contributed by atoms with E-state index in [1.54, 1.807) is 7.11 Å². The molecule has 0 saturated heterocycles. The molecule has 0 aliphatic carbocycles. The molecule has 0 aliphatic rings. The first-order valence-corrected chi connectivity index (χ1v) is 13.1. The van der Waals surface area contributed by atoms with Crippen LogP contribution in [0.15, 0.2) is 146 Å². The van der Waals surface area contributed by atoms with Crippen LogP contribution in [0.5, 0.6) is 5.75 Å². The van der Waals surface area contributed by atoms with E-state index in [1.807, 2.05) is 60.7 Å². The van der Waals surface area contributed by atoms with Gasteiger partial charge in [-0.25, -0.2) is 0 Å². The van der Waals surface area contributed by atoms with E-state index in [0.717, 1.165) is 33.8 Å². The molecule has 38 heavy (non-hydrogen) atoms. The number of benzene rings is 5. The zero-order chi connectivity index (χ0) is 26.2. The van der Waals surface area contributed by atoms with Crippen LogP contribution in [-0.2, 0) is 0 Å². The third-order valence-corrected chi connectivity index (χ3v) is 6.95. The maximum absolute atomic E-state index is 5.98. The van der Waals surface area contributed by atoms with Gasteiger partial charge in [-0.2, -0.15) is 0 Å². The van der Waals surface area contributed by atoms with Gasteiger partial charge in [-0.05, 0) is 47.5 Å². The summed E-state index contributed by atoms with van der Waals surface area (Å²) in [5.74, 6) is 0.822. The fraction of sp³-hybridized carbons (Fsp3) is 0.0882. The first-order valence-electron chi connectivity index (χ1n) is 12.7. The van der Waals surface area contributed by atoms with Crippen molar-refractivity contribution in [3.05, 3.63) is 162 Å². The molecule has 2 atom stereocenters. The van der Waals surface area contributed by atoms with Crippen molar-refractivity contribution in [3.63, 3.8) is 0 Å². The van der Waals surface area contributed by atoms with E-state index < -0.39 is 0 Å². The Morgan fingerprint density at radius 2 is 1.08 bits per heavy atom. The number of methoxy groups -OCH3 is 1. The maximum Gasteiger partial charge on any atom is 0.118 e. The number of thiocarbonyl (C=S) groups is 1. The molecule has 5 aromatic rings. The van der Waals surface area contributed by atoms with Gasteiger partial charge in [0, 0.05) is 16.9 Å². The van der Waals surface area contributed by atoms with Gasteiger partial charge < -0.3 is 15.0 Å². The van der Waals surface area contributed by atoms with Crippen molar-refractivity contribution in [2.45, 2.75) is 12.1 Å². The van der Waals surface area contributed by atoms with E-state index in [2.05, 4.69) is 95.1 Å². The first-order chi connectivity index (χ1) is 18.7. The monoisotopic (exact) mass is 514 g/mol. The summed E-state index contributed by atoms with van der Waals surface area (Å²) in [5, 5.41) is 3.76. The van der Waals surface area contributed by atoms with Crippen molar-refractivity contribution in [1.82, 2.24) is 5.32 Å². The molecule has 0 spiro atoms. The number of nitrogens with one attached hydrogen (secondary N) is 1. The van der Waals surface area contributed by atoms with Crippen LogP contribution >= 0.6 is 12.2 Å². The lowest BCUT2D eigenvalue weighted by atomic mass is 9.90. The van der Waals surface area contributed by atoms with E-state index in [-0.39, 0.29) is 12.1 Å². The molecule has 4 heteroatoms. The normalized spacial score (nSPS) is 12.2. The predicted molar refractivity (Wildman–Crippen MR) is 161 cm³/mol. The molecule has 3 nitrogen and oxygen atoms in total. The molecular weight excluding hydrogens is 484 g/mol. The molecule has 0 aromatic heterocycles. The molecule has 5 aromatic carbocycles. The molecule has 2 unspecified atom stereocenters. The molecule has 0 amide bonds. The number of rotatable bonds is 9. The second kappa shape index (κ2) is 12.2. The largest absolute Gasteiger partial charge is 0.497 e. The number of para-hydroxylation sites is 2. The lowest BCUT2D eigenvalue weighted by Gasteiger charge is -2.40. The smallest absolute Gasteiger partial charge is 0.118 e. The Morgan fingerprint density at radius 3 is 1.58 bits per heavy atom. The van der Waals surface area contributed by atoms with Gasteiger partial charge in [0.25, 0.3) is 0 Å². The van der Waals surface area contributed by atoms with Gasteiger partial charge in [0.1, 0.15) is 10.7 Å². The minimum Gasteiger partial charge on any atom is -0.497 e. The highest BCUT2D eigenvalue weighted by Gasteiger charge is 2.32. The molecule has 0 bridgehead atoms. The molecule has 188 valence electrons. The highest BCUT2D eigenvalue weighted by molar-refractivity contribution is 7.80. The second-order valence-electron chi connectivity index (χ2n) is 8.99. The SMILES string of the molecule is COc1ccc(C(C(NC(=S)c2ccccc2)c2ccccc2)N(c2ccccc2)c2ccccc2)cc1. The van der Waals surface area contributed by atoms with Crippen molar-refractivity contribution in [1.29, 1.82) is 0 Å². The fourth-order valence-corrected chi connectivity index (χ4v) is 5.02. The molecule has 1 N–H and O–H groups in total. The van der Waals surface area contributed by atoms with E-state index in [9.17, 15) is 0 Å². The quantitative estimate of drug-likeness (QED) is 0.200. The third-order valence-electron chi connectivity index (χ3n) is 6.60. The van der Waals surface area contributed by atoms with Crippen molar-refractivity contribution in [3.8, 4) is 5.75 Å². The number of nitrogens with zero attached hydrogens (tertiary/aromatic N) is 1. The maximum atomic E-state index is 5.98. The predicted octanol–water partition coefficient (Wildman–Crippen LogP) is 8.28. The van der Waals surface area contributed by atoms with Crippen molar-refractivity contribution in [2.24, 2.45) is 0 Å². The fourth-order valence-electron chi connectivity index (χ4n) is 4.76. The first kappa shape index (κ1) is 25.2. The zero-order valence-corrected chi connectivity index (χ0v) is 22.1. The van der Waals surface area contributed by atoms with Crippen LogP contribution in [0.25, 0.3) is 0 Å². The standard InChI is InChI=1S/C34H30N2OS/c1-37-31-24-22-27(23-25-31)33(36(29-18-10-4-11-19-29)30-20-12-5-13-21-30)32(26-14-6-2-7-15-26)35-34(38)28-16-8-3-9-17-28/h2-25,32-33H,1H3,(H,35,38). The summed E-state index contributed by atoms with van der Waals surface area (Å²) in [6.45, 7) is 0. The second-order valence-corrected chi connectivity index (χ2v) is 9.40. The number of hydrogen-bond acceptors (Lipinski definition) is 3. The average molecular weight is 515 g/mol. The Balaban J connectivity index is 1.71. The van der Waals surface area contributed by atoms with E-state index in [4.69, 9.17) is 17.0 Å². The Morgan fingerprint density at radius 1 is 0.605 bits per heavy atom. The minimum atomic E-state index is -0.169. The number of hydrogen-bond donors (Lipinski definition) is 1. The number of anilines is 2.